The van der Waals surface area contributed by atoms with Gasteiger partial charge in [-0.15, -0.1) is 11.3 Å². The van der Waals surface area contributed by atoms with Crippen LogP contribution < -0.4 is 5.32 Å². The van der Waals surface area contributed by atoms with Crippen LogP contribution in [0.4, 0.5) is 0 Å². The maximum atomic E-state index is 4.79. The number of nitrogens with zero attached hydrogens (tertiary/aromatic N) is 3. The minimum Gasteiger partial charge on any atom is -0.308 e. The maximum Gasteiger partial charge on any atom is 0.111 e. The molecule has 5 heteroatoms. The Bertz CT molecular complexity index is 711. The molecule has 0 aliphatic heterocycles. The van der Waals surface area contributed by atoms with Gasteiger partial charge in [0.15, 0.2) is 0 Å². The molecule has 1 N–H and O–H groups in total. The van der Waals surface area contributed by atoms with Crippen molar-refractivity contribution >= 4 is 21.6 Å². The molecule has 3 rings (SSSR count). The van der Waals surface area contributed by atoms with E-state index in [4.69, 9.17) is 4.98 Å². The highest BCUT2D eigenvalue weighted by atomic mass is 32.1. The normalized spacial score (nSPS) is 12.9. The van der Waals surface area contributed by atoms with E-state index in [1.807, 2.05) is 24.0 Å². The second-order valence-electron chi connectivity index (χ2n) is 5.21. The van der Waals surface area contributed by atoms with Gasteiger partial charge in [0.05, 0.1) is 22.5 Å². The van der Waals surface area contributed by atoms with Gasteiger partial charge in [-0.2, -0.15) is 5.10 Å². The van der Waals surface area contributed by atoms with Gasteiger partial charge >= 0.3 is 0 Å². The van der Waals surface area contributed by atoms with Gasteiger partial charge in [-0.25, -0.2) is 4.98 Å². The van der Waals surface area contributed by atoms with Crippen molar-refractivity contribution in [1.82, 2.24) is 20.1 Å². The molecular formula is C16H20N4S. The topological polar surface area (TPSA) is 42.7 Å². The number of nitrogens with one attached hydrogen (secondary N) is 1. The van der Waals surface area contributed by atoms with Gasteiger partial charge in [0.1, 0.15) is 5.01 Å². The van der Waals surface area contributed by atoms with Crippen molar-refractivity contribution in [1.29, 1.82) is 0 Å². The van der Waals surface area contributed by atoms with Crippen LogP contribution in [0.2, 0.25) is 0 Å². The first-order valence-electron chi connectivity index (χ1n) is 7.25. The van der Waals surface area contributed by atoms with E-state index < -0.39 is 0 Å². The fraction of sp³-hybridized carbons (Fsp3) is 0.375. The molecule has 21 heavy (non-hydrogen) atoms. The number of aromatic nitrogens is 3. The number of para-hydroxylation sites is 1. The van der Waals surface area contributed by atoms with Crippen LogP contribution in [0.1, 0.15) is 29.2 Å². The maximum absolute atomic E-state index is 4.79. The summed E-state index contributed by atoms with van der Waals surface area (Å²) in [5, 5.41) is 9.05. The van der Waals surface area contributed by atoms with Crippen molar-refractivity contribution < 1.29 is 0 Å². The molecule has 0 fully saturated rings. The number of aryl methyl sites for hydroxylation is 1. The van der Waals surface area contributed by atoms with E-state index in [9.17, 15) is 0 Å². The Morgan fingerprint density at radius 3 is 2.81 bits per heavy atom. The summed E-state index contributed by atoms with van der Waals surface area (Å²) in [6.07, 6.45) is 2.89. The monoisotopic (exact) mass is 300 g/mol. The van der Waals surface area contributed by atoms with Gasteiger partial charge in [0, 0.05) is 12.7 Å². The second kappa shape index (κ2) is 5.95. The lowest BCUT2D eigenvalue weighted by Crippen LogP contribution is -2.23. The first kappa shape index (κ1) is 14.2. The van der Waals surface area contributed by atoms with Crippen molar-refractivity contribution in [3.63, 3.8) is 0 Å². The summed E-state index contributed by atoms with van der Waals surface area (Å²) in [6, 6.07) is 8.56. The van der Waals surface area contributed by atoms with Gasteiger partial charge < -0.3 is 5.32 Å². The van der Waals surface area contributed by atoms with E-state index in [-0.39, 0.29) is 6.04 Å². The van der Waals surface area contributed by atoms with E-state index >= 15 is 0 Å². The molecule has 1 unspecified atom stereocenters. The van der Waals surface area contributed by atoms with Crippen LogP contribution in [0.5, 0.6) is 0 Å². The zero-order chi connectivity index (χ0) is 14.8. The summed E-state index contributed by atoms with van der Waals surface area (Å²) >= 11 is 1.78. The molecule has 0 radical (unpaired) electrons. The molecule has 3 aromatic rings. The molecule has 0 bridgehead atoms. The number of likely N-dealkylation sites (N-methyl/N-ethyl adjacent to an activating group) is 1. The summed E-state index contributed by atoms with van der Waals surface area (Å²) in [4.78, 5) is 4.79. The standard InChI is InChI=1S/C16H20N4S/c1-4-17-14(9-12-10-18-20(3)11(12)2)16-19-13-7-5-6-8-15(13)21-16/h5-8,10,14,17H,4,9H2,1-3H3. The van der Waals surface area contributed by atoms with E-state index in [2.05, 4.69) is 42.5 Å². The fourth-order valence-corrected chi connectivity index (χ4v) is 3.54. The van der Waals surface area contributed by atoms with Crippen LogP contribution in [-0.2, 0) is 13.5 Å². The Morgan fingerprint density at radius 1 is 1.33 bits per heavy atom. The largest absolute Gasteiger partial charge is 0.308 e. The molecule has 0 spiro atoms. The molecule has 2 aromatic heterocycles. The van der Waals surface area contributed by atoms with Crippen LogP contribution in [0, 0.1) is 6.92 Å². The molecule has 110 valence electrons. The number of fused-ring (bicyclic) bond motifs is 1. The Morgan fingerprint density at radius 2 is 2.14 bits per heavy atom. The van der Waals surface area contributed by atoms with E-state index in [1.54, 1.807) is 11.3 Å². The Balaban J connectivity index is 1.91. The number of hydrogen-bond acceptors (Lipinski definition) is 4. The summed E-state index contributed by atoms with van der Waals surface area (Å²) in [5.41, 5.74) is 3.59. The highest BCUT2D eigenvalue weighted by Crippen LogP contribution is 2.28. The third-order valence-electron chi connectivity index (χ3n) is 3.82. The lowest BCUT2D eigenvalue weighted by Gasteiger charge is -2.15. The summed E-state index contributed by atoms with van der Waals surface area (Å²) in [5.74, 6) is 0. The molecule has 1 atom stereocenters. The molecule has 0 saturated carbocycles. The average Bonchev–Trinajstić information content (AvgIpc) is 3.05. The Hall–Kier alpha value is -1.72. The third kappa shape index (κ3) is 2.84. The van der Waals surface area contributed by atoms with Gasteiger partial charge in [-0.1, -0.05) is 19.1 Å². The highest BCUT2D eigenvalue weighted by molar-refractivity contribution is 7.18. The molecule has 0 aliphatic rings. The van der Waals surface area contributed by atoms with Crippen LogP contribution in [0.25, 0.3) is 10.2 Å². The minimum absolute atomic E-state index is 0.246. The van der Waals surface area contributed by atoms with E-state index in [0.29, 0.717) is 0 Å². The van der Waals surface area contributed by atoms with Crippen LogP contribution >= 0.6 is 11.3 Å². The molecule has 4 nitrogen and oxygen atoms in total. The number of hydrogen-bond donors (Lipinski definition) is 1. The number of benzene rings is 1. The zero-order valence-corrected chi connectivity index (χ0v) is 13.4. The Kier molecular flexibility index (Phi) is 4.03. The first-order chi connectivity index (χ1) is 10.2. The summed E-state index contributed by atoms with van der Waals surface area (Å²) < 4.78 is 3.18. The van der Waals surface area contributed by atoms with Gasteiger partial charge in [-0.3, -0.25) is 4.68 Å². The van der Waals surface area contributed by atoms with E-state index in [1.165, 1.54) is 16.0 Å². The molecule has 0 saturated heterocycles. The van der Waals surface area contributed by atoms with Crippen molar-refractivity contribution in [2.45, 2.75) is 26.3 Å². The first-order valence-corrected chi connectivity index (χ1v) is 8.07. The summed E-state index contributed by atoms with van der Waals surface area (Å²) in [6.45, 7) is 5.18. The smallest absolute Gasteiger partial charge is 0.111 e. The average molecular weight is 300 g/mol. The molecule has 2 heterocycles. The minimum atomic E-state index is 0.246. The number of thiazole rings is 1. The molecular weight excluding hydrogens is 280 g/mol. The van der Waals surface area contributed by atoms with Crippen molar-refractivity contribution in [3.05, 3.63) is 46.7 Å². The molecule has 1 aromatic carbocycles. The number of rotatable bonds is 5. The van der Waals surface area contributed by atoms with E-state index in [0.717, 1.165) is 23.5 Å². The lowest BCUT2D eigenvalue weighted by atomic mass is 10.1. The predicted molar refractivity (Wildman–Crippen MR) is 87.7 cm³/mol. The highest BCUT2D eigenvalue weighted by Gasteiger charge is 2.18. The Labute approximate surface area is 128 Å². The van der Waals surface area contributed by atoms with Gasteiger partial charge in [-0.05, 0) is 37.6 Å². The second-order valence-corrected chi connectivity index (χ2v) is 6.28. The summed E-state index contributed by atoms with van der Waals surface area (Å²) in [7, 11) is 1.98. The third-order valence-corrected chi connectivity index (χ3v) is 4.97. The lowest BCUT2D eigenvalue weighted by molar-refractivity contribution is 0.546. The quantitative estimate of drug-likeness (QED) is 0.786. The van der Waals surface area contributed by atoms with Crippen molar-refractivity contribution in [3.8, 4) is 0 Å². The van der Waals surface area contributed by atoms with Crippen molar-refractivity contribution in [2.75, 3.05) is 6.54 Å². The van der Waals surface area contributed by atoms with Crippen LogP contribution in [-0.4, -0.2) is 21.3 Å². The van der Waals surface area contributed by atoms with Crippen molar-refractivity contribution in [2.24, 2.45) is 7.05 Å². The SMILES string of the molecule is CCNC(Cc1cnn(C)c1C)c1nc2ccccc2s1. The van der Waals surface area contributed by atoms with Gasteiger partial charge in [0.25, 0.3) is 0 Å². The van der Waals surface area contributed by atoms with Crippen LogP contribution in [0.3, 0.4) is 0 Å². The molecule has 0 amide bonds. The van der Waals surface area contributed by atoms with Crippen LogP contribution in [0.15, 0.2) is 30.5 Å². The predicted octanol–water partition coefficient (Wildman–Crippen LogP) is 3.23. The van der Waals surface area contributed by atoms with Gasteiger partial charge in [0.2, 0.25) is 0 Å². The molecule has 0 aliphatic carbocycles. The fourth-order valence-electron chi connectivity index (χ4n) is 2.50. The zero-order valence-electron chi connectivity index (χ0n) is 12.6.